The largest absolute Gasteiger partial charge is 0.469 e. The standard InChI is InChI=1S/C20H24F3N5O4/c21-20(22,23)16-2-1-3-17(26-16)32-15-11-31-14(18(29)19(15)30)10-27-4-6-28(7-5-27)13-8-24-12-25-9-13/h1-3,8-9,12,14-15,18-19,29-30H,4-7,10-11H2/t14-,15+,18+,19-/m1/s1. The summed E-state index contributed by atoms with van der Waals surface area (Å²) in [5.41, 5.74) is -0.152. The third-order valence-electron chi connectivity index (χ3n) is 5.59. The zero-order valence-electron chi connectivity index (χ0n) is 17.1. The van der Waals surface area contributed by atoms with Crippen LogP contribution in [0.25, 0.3) is 0 Å². The van der Waals surface area contributed by atoms with Crippen molar-refractivity contribution in [1.82, 2.24) is 19.9 Å². The zero-order valence-corrected chi connectivity index (χ0v) is 17.1. The number of halogens is 3. The molecule has 2 fully saturated rings. The van der Waals surface area contributed by atoms with Gasteiger partial charge in [0.05, 0.1) is 30.8 Å². The van der Waals surface area contributed by atoms with Gasteiger partial charge in [-0.05, 0) is 6.07 Å². The zero-order chi connectivity index (χ0) is 22.7. The lowest BCUT2D eigenvalue weighted by molar-refractivity contribution is -0.185. The Kier molecular flexibility index (Phi) is 6.74. The van der Waals surface area contributed by atoms with E-state index >= 15 is 0 Å². The molecule has 4 heterocycles. The minimum absolute atomic E-state index is 0.0812. The van der Waals surface area contributed by atoms with Gasteiger partial charge in [0.1, 0.15) is 24.2 Å². The highest BCUT2D eigenvalue weighted by molar-refractivity contribution is 5.41. The third-order valence-corrected chi connectivity index (χ3v) is 5.59. The van der Waals surface area contributed by atoms with E-state index in [2.05, 4.69) is 24.8 Å². The van der Waals surface area contributed by atoms with Gasteiger partial charge in [-0.1, -0.05) is 6.07 Å². The highest BCUT2D eigenvalue weighted by atomic mass is 19.4. The predicted molar refractivity (Wildman–Crippen MR) is 106 cm³/mol. The summed E-state index contributed by atoms with van der Waals surface area (Å²) in [4.78, 5) is 15.8. The van der Waals surface area contributed by atoms with Gasteiger partial charge in [0.2, 0.25) is 5.88 Å². The van der Waals surface area contributed by atoms with Gasteiger partial charge < -0.3 is 24.6 Å². The number of hydrogen-bond donors (Lipinski definition) is 2. The molecule has 174 valence electrons. The molecule has 0 bridgehead atoms. The van der Waals surface area contributed by atoms with Gasteiger partial charge in [0.25, 0.3) is 0 Å². The molecule has 4 atom stereocenters. The normalized spacial score (nSPS) is 27.3. The molecular weight excluding hydrogens is 431 g/mol. The second-order valence-electron chi connectivity index (χ2n) is 7.75. The second kappa shape index (κ2) is 9.53. The van der Waals surface area contributed by atoms with Gasteiger partial charge in [-0.3, -0.25) is 4.90 Å². The fourth-order valence-electron chi connectivity index (χ4n) is 3.81. The molecule has 0 unspecified atom stereocenters. The van der Waals surface area contributed by atoms with Crippen LogP contribution in [-0.2, 0) is 10.9 Å². The fraction of sp³-hybridized carbons (Fsp3) is 0.550. The topological polar surface area (TPSA) is 104 Å². The number of alkyl halides is 3. The van der Waals surface area contributed by atoms with Crippen LogP contribution in [0.2, 0.25) is 0 Å². The summed E-state index contributed by atoms with van der Waals surface area (Å²) in [5.74, 6) is -0.292. The van der Waals surface area contributed by atoms with Gasteiger partial charge in [0, 0.05) is 38.8 Å². The number of nitrogens with zero attached hydrogens (tertiary/aromatic N) is 5. The Balaban J connectivity index is 1.29. The van der Waals surface area contributed by atoms with Crippen LogP contribution in [0.15, 0.2) is 36.9 Å². The fourth-order valence-corrected chi connectivity index (χ4v) is 3.81. The van der Waals surface area contributed by atoms with E-state index in [9.17, 15) is 23.4 Å². The molecule has 2 N–H and O–H groups in total. The van der Waals surface area contributed by atoms with Gasteiger partial charge in [-0.2, -0.15) is 13.2 Å². The Morgan fingerprint density at radius 1 is 1.06 bits per heavy atom. The SMILES string of the molecule is O[C@@H]1[C@H](O)[C@@H](Oc2cccc(C(F)(F)F)n2)CO[C@@H]1CN1CCN(c2cncnc2)CC1. The first-order chi connectivity index (χ1) is 15.3. The molecular formula is C20H24F3N5O4. The van der Waals surface area contributed by atoms with Crippen molar-refractivity contribution in [2.45, 2.75) is 30.6 Å². The highest BCUT2D eigenvalue weighted by Crippen LogP contribution is 2.29. The number of aliphatic hydroxyl groups excluding tert-OH is 2. The molecule has 0 saturated carbocycles. The first-order valence-corrected chi connectivity index (χ1v) is 10.2. The third kappa shape index (κ3) is 5.26. The number of piperazine rings is 1. The van der Waals surface area contributed by atoms with Gasteiger partial charge in [-0.15, -0.1) is 0 Å². The molecule has 0 spiro atoms. The lowest BCUT2D eigenvalue weighted by atomic mass is 9.99. The smallest absolute Gasteiger partial charge is 0.433 e. The molecule has 4 rings (SSSR count). The van der Waals surface area contributed by atoms with E-state index in [1.165, 1.54) is 18.5 Å². The summed E-state index contributed by atoms with van der Waals surface area (Å²) < 4.78 is 49.6. The summed E-state index contributed by atoms with van der Waals surface area (Å²) in [5, 5.41) is 21.0. The summed E-state index contributed by atoms with van der Waals surface area (Å²) in [7, 11) is 0. The van der Waals surface area contributed by atoms with Crippen molar-refractivity contribution >= 4 is 5.69 Å². The summed E-state index contributed by atoms with van der Waals surface area (Å²) in [6, 6.07) is 3.26. The maximum atomic E-state index is 12.8. The molecule has 2 aromatic heterocycles. The van der Waals surface area contributed by atoms with E-state index in [-0.39, 0.29) is 12.5 Å². The lowest BCUT2D eigenvalue weighted by Gasteiger charge is -2.41. The highest BCUT2D eigenvalue weighted by Gasteiger charge is 2.41. The van der Waals surface area contributed by atoms with Crippen LogP contribution >= 0.6 is 0 Å². The Bertz CT molecular complexity index is 883. The van der Waals surface area contributed by atoms with Crippen LogP contribution in [-0.4, -0.2) is 93.8 Å². The van der Waals surface area contributed by atoms with Crippen LogP contribution in [0.3, 0.4) is 0 Å². The van der Waals surface area contributed by atoms with Crippen molar-refractivity contribution in [2.75, 3.05) is 44.2 Å². The van der Waals surface area contributed by atoms with E-state index < -0.39 is 36.3 Å². The maximum Gasteiger partial charge on any atom is 0.433 e. The minimum atomic E-state index is -4.61. The lowest BCUT2D eigenvalue weighted by Crippen LogP contribution is -2.59. The van der Waals surface area contributed by atoms with Crippen LogP contribution in [0.5, 0.6) is 5.88 Å². The number of ether oxygens (including phenoxy) is 2. The molecule has 2 aromatic rings. The molecule has 12 heteroatoms. The van der Waals surface area contributed by atoms with Gasteiger partial charge >= 0.3 is 6.18 Å². The second-order valence-corrected chi connectivity index (χ2v) is 7.75. The van der Waals surface area contributed by atoms with E-state index in [0.717, 1.165) is 37.9 Å². The summed E-state index contributed by atoms with van der Waals surface area (Å²) >= 11 is 0. The van der Waals surface area contributed by atoms with Crippen molar-refractivity contribution in [1.29, 1.82) is 0 Å². The van der Waals surface area contributed by atoms with E-state index in [0.29, 0.717) is 6.54 Å². The average molecular weight is 455 g/mol. The average Bonchev–Trinajstić information content (AvgIpc) is 2.79. The molecule has 0 aromatic carbocycles. The molecule has 0 amide bonds. The Morgan fingerprint density at radius 3 is 2.47 bits per heavy atom. The molecule has 0 radical (unpaired) electrons. The number of hydrogen-bond acceptors (Lipinski definition) is 9. The van der Waals surface area contributed by atoms with Crippen LogP contribution in [0.4, 0.5) is 18.9 Å². The number of anilines is 1. The maximum absolute atomic E-state index is 12.8. The summed E-state index contributed by atoms with van der Waals surface area (Å²) in [6.45, 7) is 3.29. The van der Waals surface area contributed by atoms with Crippen molar-refractivity contribution < 1.29 is 32.9 Å². The van der Waals surface area contributed by atoms with Crippen molar-refractivity contribution in [3.8, 4) is 5.88 Å². The van der Waals surface area contributed by atoms with Crippen LogP contribution in [0.1, 0.15) is 5.69 Å². The monoisotopic (exact) mass is 455 g/mol. The number of rotatable bonds is 5. The van der Waals surface area contributed by atoms with Crippen LogP contribution < -0.4 is 9.64 Å². The molecule has 0 aliphatic carbocycles. The number of pyridine rings is 1. The number of aliphatic hydroxyl groups is 2. The molecule has 2 saturated heterocycles. The van der Waals surface area contributed by atoms with Crippen LogP contribution in [0, 0.1) is 0 Å². The van der Waals surface area contributed by atoms with Crippen molar-refractivity contribution in [3.63, 3.8) is 0 Å². The Labute approximate surface area is 182 Å². The van der Waals surface area contributed by atoms with Crippen molar-refractivity contribution in [3.05, 3.63) is 42.6 Å². The summed E-state index contributed by atoms with van der Waals surface area (Å²) in [6.07, 6.45) is -3.87. The molecule has 32 heavy (non-hydrogen) atoms. The predicted octanol–water partition coefficient (Wildman–Crippen LogP) is 0.581. The Morgan fingerprint density at radius 2 is 1.78 bits per heavy atom. The van der Waals surface area contributed by atoms with Gasteiger partial charge in [-0.25, -0.2) is 15.0 Å². The first-order valence-electron chi connectivity index (χ1n) is 10.2. The Hall–Kier alpha value is -2.54. The van der Waals surface area contributed by atoms with E-state index in [1.807, 2.05) is 0 Å². The quantitative estimate of drug-likeness (QED) is 0.670. The molecule has 2 aliphatic rings. The number of aromatic nitrogens is 3. The van der Waals surface area contributed by atoms with Crippen molar-refractivity contribution in [2.24, 2.45) is 0 Å². The first kappa shape index (κ1) is 22.6. The molecule has 2 aliphatic heterocycles. The minimum Gasteiger partial charge on any atom is -0.469 e. The van der Waals surface area contributed by atoms with E-state index in [1.54, 1.807) is 12.4 Å². The van der Waals surface area contributed by atoms with E-state index in [4.69, 9.17) is 9.47 Å². The molecule has 9 nitrogen and oxygen atoms in total. The van der Waals surface area contributed by atoms with Gasteiger partial charge in [0.15, 0.2) is 6.10 Å².